The van der Waals surface area contributed by atoms with Crippen LogP contribution in [0.15, 0.2) is 24.3 Å². The normalized spacial score (nSPS) is 20.0. The molecule has 0 saturated heterocycles. The lowest BCUT2D eigenvalue weighted by Crippen LogP contribution is -2.58. The number of nitrogens with one attached hydrogen (secondary N) is 2. The average molecular weight is 506 g/mol. The summed E-state index contributed by atoms with van der Waals surface area (Å²) in [5, 5.41) is 2.91. The fraction of sp³-hybridized carbons (Fsp3) is 0.654. The Labute approximate surface area is 211 Å². The molecule has 1 aromatic carbocycles. The molecule has 4 atom stereocenters. The fourth-order valence-corrected chi connectivity index (χ4v) is 5.40. The lowest BCUT2D eigenvalue weighted by atomic mass is 9.73. The van der Waals surface area contributed by atoms with Crippen molar-refractivity contribution < 1.29 is 23.3 Å². The Bertz CT molecular complexity index is 958. The Morgan fingerprint density at radius 1 is 1.09 bits per heavy atom. The molecule has 1 aromatic rings. The van der Waals surface area contributed by atoms with E-state index < -0.39 is 33.5 Å². The highest BCUT2D eigenvalue weighted by molar-refractivity contribution is 7.84. The number of carbonyl (C=O) groups is 3. The number of alkyl carbamates (subject to hydrolysis) is 1. The number of fused-ring (bicyclic) bond motifs is 1. The third kappa shape index (κ3) is 6.50. The number of carbonyl (C=O) groups excluding carboxylic acids is 3. The Morgan fingerprint density at radius 2 is 1.63 bits per heavy atom. The van der Waals surface area contributed by atoms with E-state index in [1.54, 1.807) is 45.0 Å². The molecule has 3 rings (SSSR count). The summed E-state index contributed by atoms with van der Waals surface area (Å²) in [4.78, 5) is 40.2. The molecule has 3 amide bonds. The molecule has 1 fully saturated rings. The standard InChI is InChI=1S/C26H39N3O5S/c1-16(27-24(32)34-25(2,3)4)20(21(17-11-10-12-17)28-35(33)26(5,6)7)15-29-22(30)18-13-8-9-14-19(18)23(29)31/h8-9,13-14,16-17,20-21,28H,10-12,15H2,1-7H3,(H,27,32)/t16-,20-,21+,35?/m1/s1. The predicted octanol–water partition coefficient (Wildman–Crippen LogP) is 4.03. The van der Waals surface area contributed by atoms with Gasteiger partial charge in [-0.1, -0.05) is 18.6 Å². The average Bonchev–Trinajstić information content (AvgIpc) is 2.92. The second-order valence-corrected chi connectivity index (χ2v) is 13.6. The van der Waals surface area contributed by atoms with Crippen LogP contribution in [0.3, 0.4) is 0 Å². The maximum Gasteiger partial charge on any atom is 0.407 e. The maximum atomic E-state index is 13.1. The summed E-state index contributed by atoms with van der Waals surface area (Å²) in [6.07, 6.45) is 2.41. The van der Waals surface area contributed by atoms with Crippen LogP contribution in [0.1, 0.15) is 88.4 Å². The topological polar surface area (TPSA) is 105 Å². The van der Waals surface area contributed by atoms with Gasteiger partial charge in [0.1, 0.15) is 5.60 Å². The van der Waals surface area contributed by atoms with E-state index in [1.165, 1.54) is 4.90 Å². The molecule has 2 N–H and O–H groups in total. The molecule has 0 bridgehead atoms. The molecule has 194 valence electrons. The van der Waals surface area contributed by atoms with Crippen molar-refractivity contribution in [3.63, 3.8) is 0 Å². The van der Waals surface area contributed by atoms with Crippen molar-refractivity contribution in [2.24, 2.45) is 11.8 Å². The number of rotatable bonds is 8. The van der Waals surface area contributed by atoms with Crippen molar-refractivity contribution in [2.45, 2.75) is 90.2 Å². The molecule has 0 radical (unpaired) electrons. The van der Waals surface area contributed by atoms with E-state index in [1.807, 2.05) is 27.7 Å². The summed E-state index contributed by atoms with van der Waals surface area (Å²) in [5.41, 5.74) is 0.104. The van der Waals surface area contributed by atoms with Crippen molar-refractivity contribution in [1.29, 1.82) is 0 Å². The first kappa shape index (κ1) is 27.3. The Morgan fingerprint density at radius 3 is 2.06 bits per heavy atom. The van der Waals surface area contributed by atoms with E-state index in [0.29, 0.717) is 11.1 Å². The van der Waals surface area contributed by atoms with Gasteiger partial charge < -0.3 is 10.1 Å². The highest BCUT2D eigenvalue weighted by Crippen LogP contribution is 2.36. The summed E-state index contributed by atoms with van der Waals surface area (Å²) < 4.78 is 21.4. The minimum atomic E-state index is -1.36. The van der Waals surface area contributed by atoms with Gasteiger partial charge in [-0.2, -0.15) is 0 Å². The summed E-state index contributed by atoms with van der Waals surface area (Å²) in [6.45, 7) is 13.0. The van der Waals surface area contributed by atoms with E-state index in [4.69, 9.17) is 4.74 Å². The molecule has 1 saturated carbocycles. The Balaban J connectivity index is 1.91. The van der Waals surface area contributed by atoms with Gasteiger partial charge in [-0.3, -0.25) is 14.5 Å². The van der Waals surface area contributed by atoms with Crippen molar-refractivity contribution in [2.75, 3.05) is 6.54 Å². The molecule has 1 aliphatic heterocycles. The Kier molecular flexibility index (Phi) is 8.11. The molecule has 0 aromatic heterocycles. The third-order valence-corrected chi connectivity index (χ3v) is 8.18. The van der Waals surface area contributed by atoms with Gasteiger partial charge in [-0.15, -0.1) is 0 Å². The predicted molar refractivity (Wildman–Crippen MR) is 136 cm³/mol. The minimum Gasteiger partial charge on any atom is -0.444 e. The van der Waals surface area contributed by atoms with E-state index in [-0.39, 0.29) is 36.2 Å². The molecule has 9 heteroatoms. The van der Waals surface area contributed by atoms with E-state index >= 15 is 0 Å². The number of hydrogen-bond acceptors (Lipinski definition) is 5. The van der Waals surface area contributed by atoms with E-state index in [2.05, 4.69) is 10.0 Å². The highest BCUT2D eigenvalue weighted by Gasteiger charge is 2.44. The van der Waals surface area contributed by atoms with Crippen molar-refractivity contribution in [3.05, 3.63) is 35.4 Å². The minimum absolute atomic E-state index is 0.0961. The summed E-state index contributed by atoms with van der Waals surface area (Å²) in [6, 6.07) is 6.07. The van der Waals surface area contributed by atoms with Crippen LogP contribution >= 0.6 is 0 Å². The largest absolute Gasteiger partial charge is 0.444 e. The molecule has 1 unspecified atom stereocenters. The van der Waals surface area contributed by atoms with E-state index in [9.17, 15) is 18.6 Å². The summed E-state index contributed by atoms with van der Waals surface area (Å²) >= 11 is 0. The van der Waals surface area contributed by atoms with Crippen LogP contribution < -0.4 is 10.0 Å². The van der Waals surface area contributed by atoms with Crippen molar-refractivity contribution >= 4 is 28.9 Å². The van der Waals surface area contributed by atoms with Crippen LogP contribution in [0.4, 0.5) is 4.79 Å². The molecular formula is C26H39N3O5S. The van der Waals surface area contributed by atoms with Crippen LogP contribution in [-0.4, -0.2) is 56.0 Å². The van der Waals surface area contributed by atoms with Gasteiger partial charge in [0.05, 0.1) is 26.9 Å². The van der Waals surface area contributed by atoms with E-state index in [0.717, 1.165) is 19.3 Å². The zero-order chi connectivity index (χ0) is 26.1. The summed E-state index contributed by atoms with van der Waals surface area (Å²) in [7, 11) is -1.36. The first-order chi connectivity index (χ1) is 16.2. The number of nitrogens with zero attached hydrogens (tertiary/aromatic N) is 1. The Hall–Kier alpha value is -2.26. The number of amides is 3. The quantitative estimate of drug-likeness (QED) is 0.519. The van der Waals surface area contributed by atoms with Gasteiger partial charge in [0, 0.05) is 24.5 Å². The molecule has 0 spiro atoms. The number of benzene rings is 1. The van der Waals surface area contributed by atoms with Gasteiger partial charge in [0.15, 0.2) is 0 Å². The number of imide groups is 1. The highest BCUT2D eigenvalue weighted by atomic mass is 32.2. The number of hydrogen-bond donors (Lipinski definition) is 2. The zero-order valence-electron chi connectivity index (χ0n) is 21.8. The SMILES string of the molecule is C[C@@H](NC(=O)OC(C)(C)C)[C@@H](CN1C(=O)c2ccccc2C1=O)[C@@H](NS(=O)C(C)(C)C)C1CCC1. The van der Waals surface area contributed by atoms with Crippen LogP contribution in [0.25, 0.3) is 0 Å². The molecule has 35 heavy (non-hydrogen) atoms. The fourth-order valence-electron chi connectivity index (χ4n) is 4.43. The van der Waals surface area contributed by atoms with Gasteiger partial charge in [-0.25, -0.2) is 13.7 Å². The van der Waals surface area contributed by atoms with Gasteiger partial charge in [-0.05, 0) is 79.4 Å². The monoisotopic (exact) mass is 505 g/mol. The molecule has 1 heterocycles. The van der Waals surface area contributed by atoms with Crippen LogP contribution in [0.5, 0.6) is 0 Å². The molecular weight excluding hydrogens is 466 g/mol. The van der Waals surface area contributed by atoms with Gasteiger partial charge in [0.2, 0.25) is 0 Å². The van der Waals surface area contributed by atoms with Crippen LogP contribution in [0.2, 0.25) is 0 Å². The van der Waals surface area contributed by atoms with Crippen LogP contribution in [-0.2, 0) is 15.7 Å². The van der Waals surface area contributed by atoms with Gasteiger partial charge >= 0.3 is 6.09 Å². The second-order valence-electron chi connectivity index (χ2n) is 11.6. The third-order valence-electron chi connectivity index (χ3n) is 6.58. The van der Waals surface area contributed by atoms with Crippen molar-refractivity contribution in [1.82, 2.24) is 14.9 Å². The lowest BCUT2D eigenvalue weighted by molar-refractivity contribution is 0.0446. The smallest absolute Gasteiger partial charge is 0.407 e. The zero-order valence-corrected chi connectivity index (χ0v) is 22.7. The van der Waals surface area contributed by atoms with Crippen molar-refractivity contribution in [3.8, 4) is 0 Å². The second kappa shape index (κ2) is 10.4. The van der Waals surface area contributed by atoms with Crippen LogP contribution in [0, 0.1) is 11.8 Å². The van der Waals surface area contributed by atoms with Gasteiger partial charge in [0.25, 0.3) is 11.8 Å². The lowest BCUT2D eigenvalue weighted by Gasteiger charge is -2.43. The maximum absolute atomic E-state index is 13.1. The molecule has 1 aliphatic carbocycles. The molecule has 2 aliphatic rings. The summed E-state index contributed by atoms with van der Waals surface area (Å²) in [5.74, 6) is -0.834. The number of ether oxygens (including phenoxy) is 1. The molecule has 8 nitrogen and oxygen atoms in total. The first-order valence-corrected chi connectivity index (χ1v) is 13.5. The first-order valence-electron chi connectivity index (χ1n) is 12.3.